The van der Waals surface area contributed by atoms with E-state index >= 15 is 0 Å². The molecule has 2 rings (SSSR count). The number of ether oxygens (including phenoxy) is 1. The van der Waals surface area contributed by atoms with Gasteiger partial charge in [0.2, 0.25) is 0 Å². The van der Waals surface area contributed by atoms with E-state index in [2.05, 4.69) is 12.2 Å². The third-order valence-corrected chi connectivity index (χ3v) is 4.70. The Bertz CT molecular complexity index is 353. The fourth-order valence-electron chi connectivity index (χ4n) is 2.54. The van der Waals surface area contributed by atoms with Crippen LogP contribution in [0.5, 0.6) is 0 Å². The summed E-state index contributed by atoms with van der Waals surface area (Å²) in [7, 11) is 0. The van der Waals surface area contributed by atoms with E-state index < -0.39 is 12.0 Å². The van der Waals surface area contributed by atoms with Gasteiger partial charge in [0.1, 0.15) is 6.04 Å². The minimum atomic E-state index is -0.934. The normalized spacial score (nSPS) is 30.6. The standard InChI is InChI=1S/C12H20N2O4S/c1-2-10-8(3-4-18-10)5-13-12(17)14-7-19-6-9(14)11(15)16/h8-10H,2-7H2,1H3,(H,13,17)(H,15,16)/t8?,9-,10?/m0/s1. The number of hydrogen-bond donors (Lipinski definition) is 2. The maximum atomic E-state index is 12.0. The molecular formula is C12H20N2O4S. The quantitative estimate of drug-likeness (QED) is 0.806. The van der Waals surface area contributed by atoms with Gasteiger partial charge in [-0.15, -0.1) is 11.8 Å². The number of carbonyl (C=O) groups excluding carboxylic acids is 1. The average molecular weight is 288 g/mol. The number of urea groups is 1. The first kappa shape index (κ1) is 14.5. The lowest BCUT2D eigenvalue weighted by atomic mass is 10.00. The van der Waals surface area contributed by atoms with Gasteiger partial charge in [-0.1, -0.05) is 6.92 Å². The molecule has 0 bridgehead atoms. The fraction of sp³-hybridized carbons (Fsp3) is 0.833. The van der Waals surface area contributed by atoms with Crippen LogP contribution in [0.2, 0.25) is 0 Å². The molecule has 2 amide bonds. The minimum Gasteiger partial charge on any atom is -0.480 e. The molecule has 2 heterocycles. The molecule has 6 nitrogen and oxygen atoms in total. The summed E-state index contributed by atoms with van der Waals surface area (Å²) in [4.78, 5) is 24.4. The van der Waals surface area contributed by atoms with Crippen molar-refractivity contribution in [2.24, 2.45) is 5.92 Å². The van der Waals surface area contributed by atoms with Gasteiger partial charge in [0, 0.05) is 24.8 Å². The van der Waals surface area contributed by atoms with Crippen LogP contribution in [-0.4, -0.2) is 58.9 Å². The van der Waals surface area contributed by atoms with Gasteiger partial charge >= 0.3 is 12.0 Å². The van der Waals surface area contributed by atoms with Gasteiger partial charge in [-0.3, -0.25) is 0 Å². The molecule has 19 heavy (non-hydrogen) atoms. The lowest BCUT2D eigenvalue weighted by molar-refractivity contribution is -0.140. The second-order valence-corrected chi connectivity index (χ2v) is 5.88. The van der Waals surface area contributed by atoms with Gasteiger partial charge in [-0.25, -0.2) is 9.59 Å². The second-order valence-electron chi connectivity index (χ2n) is 4.88. The molecule has 2 fully saturated rings. The van der Waals surface area contributed by atoms with E-state index in [0.717, 1.165) is 19.4 Å². The molecule has 0 aromatic carbocycles. The fourth-order valence-corrected chi connectivity index (χ4v) is 3.69. The number of aliphatic carboxylic acids is 1. The highest BCUT2D eigenvalue weighted by atomic mass is 32.2. The Labute approximate surface area is 116 Å². The maximum absolute atomic E-state index is 12.0. The molecular weight excluding hydrogens is 268 g/mol. The highest BCUT2D eigenvalue weighted by molar-refractivity contribution is 7.99. The van der Waals surface area contributed by atoms with Crippen LogP contribution >= 0.6 is 11.8 Å². The van der Waals surface area contributed by atoms with Gasteiger partial charge in [-0.05, 0) is 12.8 Å². The molecule has 2 aliphatic rings. The number of amides is 2. The van der Waals surface area contributed by atoms with Crippen LogP contribution in [0.4, 0.5) is 4.79 Å². The summed E-state index contributed by atoms with van der Waals surface area (Å²) < 4.78 is 5.57. The Morgan fingerprint density at radius 1 is 1.53 bits per heavy atom. The van der Waals surface area contributed by atoms with Crippen molar-refractivity contribution in [1.29, 1.82) is 0 Å². The van der Waals surface area contributed by atoms with Crippen molar-refractivity contribution in [1.82, 2.24) is 10.2 Å². The molecule has 0 aromatic rings. The number of nitrogens with zero attached hydrogens (tertiary/aromatic N) is 1. The lowest BCUT2D eigenvalue weighted by Gasteiger charge is -2.23. The molecule has 0 radical (unpaired) electrons. The topological polar surface area (TPSA) is 78.9 Å². The van der Waals surface area contributed by atoms with E-state index in [-0.39, 0.29) is 12.1 Å². The van der Waals surface area contributed by atoms with Crippen LogP contribution in [0.3, 0.4) is 0 Å². The van der Waals surface area contributed by atoms with Gasteiger partial charge in [0.15, 0.2) is 0 Å². The molecule has 7 heteroatoms. The number of thioether (sulfide) groups is 1. The predicted octanol–water partition coefficient (Wildman–Crippen LogP) is 0.971. The number of carboxylic acids is 1. The second kappa shape index (κ2) is 6.47. The summed E-state index contributed by atoms with van der Waals surface area (Å²) in [6.45, 7) is 3.38. The molecule has 2 unspecified atom stereocenters. The van der Waals surface area contributed by atoms with Crippen LogP contribution in [0.1, 0.15) is 19.8 Å². The predicted molar refractivity (Wildman–Crippen MR) is 72.1 cm³/mol. The Morgan fingerprint density at radius 3 is 3.00 bits per heavy atom. The summed E-state index contributed by atoms with van der Waals surface area (Å²) in [5.74, 6) is 0.317. The minimum absolute atomic E-state index is 0.212. The molecule has 0 spiro atoms. The summed E-state index contributed by atoms with van der Waals surface area (Å²) in [5, 5.41) is 11.9. The number of hydrogen-bond acceptors (Lipinski definition) is 4. The van der Waals surface area contributed by atoms with Crippen molar-refractivity contribution >= 4 is 23.8 Å². The molecule has 0 aliphatic carbocycles. The van der Waals surface area contributed by atoms with Crippen LogP contribution in [0.15, 0.2) is 0 Å². The van der Waals surface area contributed by atoms with Gasteiger partial charge in [0.25, 0.3) is 0 Å². The van der Waals surface area contributed by atoms with Gasteiger partial charge in [0.05, 0.1) is 12.0 Å². The van der Waals surface area contributed by atoms with E-state index in [1.165, 1.54) is 16.7 Å². The Morgan fingerprint density at radius 2 is 2.32 bits per heavy atom. The van der Waals surface area contributed by atoms with E-state index in [1.54, 1.807) is 0 Å². The SMILES string of the molecule is CCC1OCCC1CNC(=O)N1CSC[C@H]1C(=O)O. The number of carbonyl (C=O) groups is 2. The lowest BCUT2D eigenvalue weighted by Crippen LogP contribution is -2.48. The first-order chi connectivity index (χ1) is 9.13. The number of nitrogens with one attached hydrogen (secondary N) is 1. The largest absolute Gasteiger partial charge is 0.480 e. The summed E-state index contributed by atoms with van der Waals surface area (Å²) >= 11 is 1.47. The number of rotatable bonds is 4. The van der Waals surface area contributed by atoms with E-state index in [4.69, 9.17) is 9.84 Å². The molecule has 108 valence electrons. The summed E-state index contributed by atoms with van der Waals surface area (Å²) in [6.07, 6.45) is 2.11. The van der Waals surface area contributed by atoms with Crippen LogP contribution in [0, 0.1) is 5.92 Å². The van der Waals surface area contributed by atoms with Crippen LogP contribution < -0.4 is 5.32 Å². The van der Waals surface area contributed by atoms with Crippen molar-refractivity contribution in [2.45, 2.75) is 31.9 Å². The third-order valence-electron chi connectivity index (χ3n) is 3.69. The van der Waals surface area contributed by atoms with Crippen molar-refractivity contribution in [2.75, 3.05) is 24.8 Å². The van der Waals surface area contributed by atoms with E-state index in [0.29, 0.717) is 24.1 Å². The van der Waals surface area contributed by atoms with Crippen LogP contribution in [0.25, 0.3) is 0 Å². The summed E-state index contributed by atoms with van der Waals surface area (Å²) in [5.41, 5.74) is 0. The van der Waals surface area contributed by atoms with Crippen molar-refractivity contribution in [3.05, 3.63) is 0 Å². The zero-order chi connectivity index (χ0) is 13.8. The van der Waals surface area contributed by atoms with E-state index in [9.17, 15) is 9.59 Å². The molecule has 2 N–H and O–H groups in total. The monoisotopic (exact) mass is 288 g/mol. The van der Waals surface area contributed by atoms with Gasteiger partial charge in [-0.2, -0.15) is 0 Å². The molecule has 3 atom stereocenters. The Kier molecular flexibility index (Phi) is 4.93. The van der Waals surface area contributed by atoms with E-state index in [1.807, 2.05) is 0 Å². The highest BCUT2D eigenvalue weighted by Gasteiger charge is 2.35. The molecule has 0 aromatic heterocycles. The van der Waals surface area contributed by atoms with Crippen molar-refractivity contribution in [3.63, 3.8) is 0 Å². The first-order valence-electron chi connectivity index (χ1n) is 6.60. The first-order valence-corrected chi connectivity index (χ1v) is 7.75. The van der Waals surface area contributed by atoms with Crippen LogP contribution in [-0.2, 0) is 9.53 Å². The Balaban J connectivity index is 1.82. The highest BCUT2D eigenvalue weighted by Crippen LogP contribution is 2.24. The molecule has 2 saturated heterocycles. The van der Waals surface area contributed by atoms with Gasteiger partial charge < -0.3 is 20.1 Å². The molecule has 2 aliphatic heterocycles. The van der Waals surface area contributed by atoms with Crippen molar-refractivity contribution in [3.8, 4) is 0 Å². The van der Waals surface area contributed by atoms with Crippen molar-refractivity contribution < 1.29 is 19.4 Å². The zero-order valence-electron chi connectivity index (χ0n) is 11.0. The third kappa shape index (κ3) is 3.33. The smallest absolute Gasteiger partial charge is 0.327 e. The Hall–Kier alpha value is -0.950. The zero-order valence-corrected chi connectivity index (χ0v) is 11.8. The molecule has 0 saturated carbocycles. The summed E-state index contributed by atoms with van der Waals surface area (Å²) in [6, 6.07) is -0.981. The maximum Gasteiger partial charge on any atom is 0.327 e. The average Bonchev–Trinajstić information content (AvgIpc) is 3.04. The number of carboxylic acid groups (broad SMARTS) is 1.